The summed E-state index contributed by atoms with van der Waals surface area (Å²) in [7, 11) is 0. The number of ether oxygens (including phenoxy) is 1. The van der Waals surface area contributed by atoms with E-state index in [2.05, 4.69) is 9.99 Å². The van der Waals surface area contributed by atoms with Crippen molar-refractivity contribution in [3.63, 3.8) is 0 Å². The van der Waals surface area contributed by atoms with Crippen LogP contribution in [-0.4, -0.2) is 28.8 Å². The first kappa shape index (κ1) is 15.3. The minimum atomic E-state index is -4.92. The molecule has 1 N–H and O–H groups in total. The van der Waals surface area contributed by atoms with Gasteiger partial charge in [-0.3, -0.25) is 4.79 Å². The lowest BCUT2D eigenvalue weighted by molar-refractivity contribution is -0.355. The number of alkyl halides is 3. The van der Waals surface area contributed by atoms with Crippen LogP contribution in [0.15, 0.2) is 29.4 Å². The van der Waals surface area contributed by atoms with Crippen molar-refractivity contribution in [3.8, 4) is 0 Å². The minimum absolute atomic E-state index is 0.00568. The van der Waals surface area contributed by atoms with Crippen LogP contribution in [-0.2, 0) is 21.0 Å². The molecule has 1 aromatic carbocycles. The van der Waals surface area contributed by atoms with Gasteiger partial charge in [-0.2, -0.15) is 13.2 Å². The fourth-order valence-corrected chi connectivity index (χ4v) is 1.71. The Balaban J connectivity index is 2.06. The Morgan fingerprint density at radius 3 is 2.52 bits per heavy atom. The van der Waals surface area contributed by atoms with Crippen LogP contribution in [0, 0.1) is 0 Å². The van der Waals surface area contributed by atoms with E-state index in [0.717, 1.165) is 0 Å². The molecule has 2 rings (SSSR count). The Morgan fingerprint density at radius 1 is 1.43 bits per heavy atom. The summed E-state index contributed by atoms with van der Waals surface area (Å²) in [5.74, 6) is -3.71. The van der Waals surface area contributed by atoms with E-state index in [4.69, 9.17) is 4.74 Å². The zero-order valence-corrected chi connectivity index (χ0v) is 11.0. The summed E-state index contributed by atoms with van der Waals surface area (Å²) in [6, 6.07) is 6.21. The Kier molecular flexibility index (Phi) is 3.91. The normalized spacial score (nSPS) is 21.7. The Morgan fingerprint density at radius 2 is 2.05 bits per heavy atom. The summed E-state index contributed by atoms with van der Waals surface area (Å²) in [6.45, 7) is 1.35. The number of carbonyl (C=O) groups is 1. The summed E-state index contributed by atoms with van der Waals surface area (Å²) in [6.07, 6.45) is -5.70. The first-order chi connectivity index (χ1) is 9.71. The van der Waals surface area contributed by atoms with Crippen LogP contribution >= 0.6 is 0 Å². The number of aliphatic hydroxyl groups is 1. The van der Waals surface area contributed by atoms with Gasteiger partial charge < -0.3 is 14.7 Å². The van der Waals surface area contributed by atoms with Crippen LogP contribution < -0.4 is 0 Å². The van der Waals surface area contributed by atoms with Gasteiger partial charge in [-0.1, -0.05) is 29.4 Å². The Bertz CT molecular complexity index is 568. The lowest BCUT2D eigenvalue weighted by Crippen LogP contribution is -2.45. The fourth-order valence-electron chi connectivity index (χ4n) is 1.71. The standard InChI is InChI=1S/C13H12F3NO4/c1-8(18)20-7-9-2-4-10(5-3-9)11-6-12(19,21-17-11)13(14,15)16/h2-5,19H,6-7H2,1H3. The van der Waals surface area contributed by atoms with E-state index in [0.29, 0.717) is 11.1 Å². The maximum absolute atomic E-state index is 12.6. The minimum Gasteiger partial charge on any atom is -0.461 e. The second kappa shape index (κ2) is 5.36. The van der Waals surface area contributed by atoms with Crippen molar-refractivity contribution in [2.75, 3.05) is 0 Å². The first-order valence-corrected chi connectivity index (χ1v) is 5.98. The van der Waals surface area contributed by atoms with Gasteiger partial charge in [0.15, 0.2) is 0 Å². The maximum Gasteiger partial charge on any atom is 0.458 e. The number of halogens is 3. The van der Waals surface area contributed by atoms with Crippen LogP contribution in [0.3, 0.4) is 0 Å². The number of hydrogen-bond donors (Lipinski definition) is 1. The van der Waals surface area contributed by atoms with Crippen LogP contribution in [0.4, 0.5) is 13.2 Å². The van der Waals surface area contributed by atoms with E-state index in [9.17, 15) is 23.1 Å². The molecule has 1 atom stereocenters. The maximum atomic E-state index is 12.6. The molecule has 8 heteroatoms. The average Bonchev–Trinajstić information content (AvgIpc) is 2.80. The molecule has 1 heterocycles. The third-order valence-corrected chi connectivity index (χ3v) is 2.89. The number of carbonyl (C=O) groups excluding carboxylic acids is 1. The van der Waals surface area contributed by atoms with E-state index >= 15 is 0 Å². The van der Waals surface area contributed by atoms with E-state index < -0.39 is 24.4 Å². The number of hydrogen-bond acceptors (Lipinski definition) is 5. The summed E-state index contributed by atoms with van der Waals surface area (Å²) >= 11 is 0. The molecule has 0 amide bonds. The average molecular weight is 303 g/mol. The van der Waals surface area contributed by atoms with E-state index in [-0.39, 0.29) is 12.3 Å². The Labute approximate surface area is 118 Å². The van der Waals surface area contributed by atoms with E-state index in [1.807, 2.05) is 0 Å². The molecule has 1 unspecified atom stereocenters. The number of rotatable bonds is 3. The smallest absolute Gasteiger partial charge is 0.458 e. The largest absolute Gasteiger partial charge is 0.461 e. The molecule has 0 bridgehead atoms. The van der Waals surface area contributed by atoms with Crippen molar-refractivity contribution in [3.05, 3.63) is 35.4 Å². The van der Waals surface area contributed by atoms with Gasteiger partial charge in [-0.05, 0) is 11.1 Å². The molecule has 21 heavy (non-hydrogen) atoms. The molecule has 0 spiro atoms. The summed E-state index contributed by atoms with van der Waals surface area (Å²) in [5, 5.41) is 12.6. The number of oxime groups is 1. The highest BCUT2D eigenvalue weighted by Gasteiger charge is 2.60. The van der Waals surface area contributed by atoms with Crippen molar-refractivity contribution in [1.29, 1.82) is 0 Å². The molecular weight excluding hydrogens is 291 g/mol. The number of esters is 1. The lowest BCUT2D eigenvalue weighted by atomic mass is 10.0. The van der Waals surface area contributed by atoms with Gasteiger partial charge in [0.1, 0.15) is 6.61 Å². The molecule has 1 aliphatic heterocycles. The van der Waals surface area contributed by atoms with Gasteiger partial charge in [0, 0.05) is 6.92 Å². The van der Waals surface area contributed by atoms with Gasteiger partial charge >= 0.3 is 17.9 Å². The second-order valence-corrected chi connectivity index (χ2v) is 4.57. The van der Waals surface area contributed by atoms with Crippen molar-refractivity contribution in [1.82, 2.24) is 0 Å². The van der Waals surface area contributed by atoms with Gasteiger partial charge in [-0.25, -0.2) is 0 Å². The van der Waals surface area contributed by atoms with Crippen molar-refractivity contribution in [2.24, 2.45) is 5.16 Å². The summed E-state index contributed by atoms with van der Waals surface area (Å²) < 4.78 is 42.5. The van der Waals surface area contributed by atoms with E-state index in [1.54, 1.807) is 12.1 Å². The molecule has 0 aromatic heterocycles. The molecule has 1 aromatic rings. The molecule has 114 valence electrons. The Hall–Kier alpha value is -2.09. The molecule has 0 radical (unpaired) electrons. The quantitative estimate of drug-likeness (QED) is 0.869. The first-order valence-electron chi connectivity index (χ1n) is 5.98. The monoisotopic (exact) mass is 303 g/mol. The highest BCUT2D eigenvalue weighted by Crippen LogP contribution is 2.38. The van der Waals surface area contributed by atoms with Crippen LogP contribution in [0.25, 0.3) is 0 Å². The molecule has 5 nitrogen and oxygen atoms in total. The highest BCUT2D eigenvalue weighted by atomic mass is 19.4. The SMILES string of the molecule is CC(=O)OCc1ccc(C2=NOC(O)(C(F)(F)F)C2)cc1. The predicted molar refractivity (Wildman–Crippen MR) is 65.2 cm³/mol. The molecule has 0 fully saturated rings. The topological polar surface area (TPSA) is 68.1 Å². The van der Waals surface area contributed by atoms with Gasteiger partial charge in [0.05, 0.1) is 12.1 Å². The fraction of sp³-hybridized carbons (Fsp3) is 0.385. The van der Waals surface area contributed by atoms with Crippen molar-refractivity contribution in [2.45, 2.75) is 31.9 Å². The zero-order valence-electron chi connectivity index (χ0n) is 11.0. The van der Waals surface area contributed by atoms with Gasteiger partial charge in [0.2, 0.25) is 0 Å². The third kappa shape index (κ3) is 3.33. The van der Waals surface area contributed by atoms with Gasteiger partial charge in [-0.15, -0.1) is 0 Å². The molecule has 0 saturated carbocycles. The summed E-state index contributed by atoms with van der Waals surface area (Å²) in [4.78, 5) is 14.8. The lowest BCUT2D eigenvalue weighted by Gasteiger charge is -2.22. The predicted octanol–water partition coefficient (Wildman–Crippen LogP) is 2.12. The van der Waals surface area contributed by atoms with Crippen LogP contribution in [0.5, 0.6) is 0 Å². The van der Waals surface area contributed by atoms with Gasteiger partial charge in [0.25, 0.3) is 0 Å². The van der Waals surface area contributed by atoms with E-state index in [1.165, 1.54) is 19.1 Å². The van der Waals surface area contributed by atoms with Crippen molar-refractivity contribution >= 4 is 11.7 Å². The molecular formula is C13H12F3NO4. The van der Waals surface area contributed by atoms with Crippen LogP contribution in [0.1, 0.15) is 24.5 Å². The van der Waals surface area contributed by atoms with Crippen LogP contribution in [0.2, 0.25) is 0 Å². The number of benzene rings is 1. The molecule has 0 saturated heterocycles. The van der Waals surface area contributed by atoms with Crippen molar-refractivity contribution < 1.29 is 32.6 Å². The molecule has 0 aliphatic carbocycles. The zero-order chi connectivity index (χ0) is 15.7. The third-order valence-electron chi connectivity index (χ3n) is 2.89. The summed E-state index contributed by atoms with van der Waals surface area (Å²) in [5.41, 5.74) is 1.06. The number of nitrogens with zero attached hydrogens (tertiary/aromatic N) is 1. The molecule has 1 aliphatic rings. The second-order valence-electron chi connectivity index (χ2n) is 4.57. The highest BCUT2D eigenvalue weighted by molar-refractivity contribution is 6.01.